The number of nitrogens with zero attached hydrogens (tertiary/aromatic N) is 3. The molecule has 0 saturated carbocycles. The standard InChI is InChI=1S/C26H28N4O6/c1-26(2,3)24(33)36-15-30-13-16(28-29-30)12-22(23(31)32)27-25(34)35-14-21-19-10-6-4-8-17(19)18-9-5-7-11-20(18)21/h4-11,13,21-22H,12,14-15H2,1-3H3,(H,27,34)(H,31,32). The third-order valence-corrected chi connectivity index (χ3v) is 5.87. The van der Waals surface area contributed by atoms with Gasteiger partial charge in [0.1, 0.15) is 12.6 Å². The minimum atomic E-state index is -1.28. The molecule has 188 valence electrons. The van der Waals surface area contributed by atoms with Gasteiger partial charge in [0.2, 0.25) is 0 Å². The van der Waals surface area contributed by atoms with Crippen molar-refractivity contribution in [1.82, 2.24) is 20.3 Å². The van der Waals surface area contributed by atoms with Crippen molar-refractivity contribution in [3.8, 4) is 11.1 Å². The zero-order valence-corrected chi connectivity index (χ0v) is 20.3. The fourth-order valence-electron chi connectivity index (χ4n) is 4.03. The molecule has 2 aromatic carbocycles. The van der Waals surface area contributed by atoms with Crippen molar-refractivity contribution in [1.29, 1.82) is 0 Å². The summed E-state index contributed by atoms with van der Waals surface area (Å²) in [6.45, 7) is 5.11. The van der Waals surface area contributed by atoms with E-state index in [2.05, 4.69) is 15.6 Å². The molecule has 1 heterocycles. The number of hydrogen-bond acceptors (Lipinski definition) is 7. The highest BCUT2D eigenvalue weighted by Gasteiger charge is 2.30. The van der Waals surface area contributed by atoms with Crippen molar-refractivity contribution in [2.75, 3.05) is 6.61 Å². The number of esters is 1. The fraction of sp³-hybridized carbons (Fsp3) is 0.346. The van der Waals surface area contributed by atoms with Crippen LogP contribution in [0.15, 0.2) is 54.7 Å². The number of amides is 1. The smallest absolute Gasteiger partial charge is 0.407 e. The molecule has 1 aliphatic rings. The number of carboxylic acid groups (broad SMARTS) is 1. The zero-order valence-electron chi connectivity index (χ0n) is 20.3. The number of benzene rings is 2. The third-order valence-electron chi connectivity index (χ3n) is 5.87. The minimum Gasteiger partial charge on any atom is -0.480 e. The Balaban J connectivity index is 1.34. The maximum Gasteiger partial charge on any atom is 0.407 e. The van der Waals surface area contributed by atoms with E-state index in [0.29, 0.717) is 5.69 Å². The highest BCUT2D eigenvalue weighted by Crippen LogP contribution is 2.44. The molecule has 1 aromatic heterocycles. The van der Waals surface area contributed by atoms with Crippen molar-refractivity contribution in [2.45, 2.75) is 45.9 Å². The number of aliphatic carboxylic acids is 1. The van der Waals surface area contributed by atoms with E-state index in [4.69, 9.17) is 9.47 Å². The second-order valence-corrected chi connectivity index (χ2v) is 9.63. The lowest BCUT2D eigenvalue weighted by Gasteiger charge is -2.17. The van der Waals surface area contributed by atoms with Gasteiger partial charge in [0.15, 0.2) is 6.73 Å². The number of nitrogens with one attached hydrogen (secondary N) is 1. The molecule has 1 atom stereocenters. The van der Waals surface area contributed by atoms with E-state index in [1.807, 2.05) is 48.5 Å². The van der Waals surface area contributed by atoms with Crippen LogP contribution in [0.25, 0.3) is 11.1 Å². The average molecular weight is 493 g/mol. The number of ether oxygens (including phenoxy) is 2. The second-order valence-electron chi connectivity index (χ2n) is 9.63. The summed E-state index contributed by atoms with van der Waals surface area (Å²) in [5.41, 5.74) is 3.97. The van der Waals surface area contributed by atoms with Gasteiger partial charge in [-0.3, -0.25) is 4.79 Å². The van der Waals surface area contributed by atoms with Crippen molar-refractivity contribution in [2.24, 2.45) is 5.41 Å². The van der Waals surface area contributed by atoms with E-state index < -0.39 is 29.5 Å². The van der Waals surface area contributed by atoms with Gasteiger partial charge in [-0.2, -0.15) is 0 Å². The number of hydrogen-bond donors (Lipinski definition) is 2. The van der Waals surface area contributed by atoms with E-state index >= 15 is 0 Å². The van der Waals surface area contributed by atoms with E-state index in [9.17, 15) is 19.5 Å². The van der Waals surface area contributed by atoms with E-state index in [1.165, 1.54) is 10.9 Å². The van der Waals surface area contributed by atoms with Gasteiger partial charge in [0.25, 0.3) is 0 Å². The van der Waals surface area contributed by atoms with Crippen LogP contribution in [0.2, 0.25) is 0 Å². The summed E-state index contributed by atoms with van der Waals surface area (Å²) < 4.78 is 11.9. The van der Waals surface area contributed by atoms with Crippen LogP contribution >= 0.6 is 0 Å². The molecule has 0 bridgehead atoms. The van der Waals surface area contributed by atoms with E-state index in [0.717, 1.165) is 22.3 Å². The summed E-state index contributed by atoms with van der Waals surface area (Å²) >= 11 is 0. The molecule has 3 aromatic rings. The molecule has 0 spiro atoms. The maximum absolute atomic E-state index is 12.5. The number of carbonyl (C=O) groups excluding carboxylic acids is 2. The zero-order chi connectivity index (χ0) is 25.9. The minimum absolute atomic E-state index is 0.0710. The maximum atomic E-state index is 12.5. The number of rotatable bonds is 8. The van der Waals surface area contributed by atoms with Crippen molar-refractivity contribution < 1.29 is 29.0 Å². The summed E-state index contributed by atoms with van der Waals surface area (Å²) in [4.78, 5) is 36.2. The monoisotopic (exact) mass is 492 g/mol. The SMILES string of the molecule is CC(C)(C)C(=O)OCn1cc(CC(NC(=O)OCC2c3ccccc3-c3ccccc32)C(=O)O)nn1. The molecule has 4 rings (SSSR count). The van der Waals surface area contributed by atoms with Gasteiger partial charge in [-0.05, 0) is 43.0 Å². The van der Waals surface area contributed by atoms with Crippen LogP contribution in [-0.2, 0) is 32.2 Å². The number of carboxylic acids is 1. The van der Waals surface area contributed by atoms with Crippen LogP contribution < -0.4 is 5.32 Å². The lowest BCUT2D eigenvalue weighted by molar-refractivity contribution is -0.157. The van der Waals surface area contributed by atoms with Crippen LogP contribution in [0.4, 0.5) is 4.79 Å². The molecule has 2 N–H and O–H groups in total. The molecule has 1 aliphatic carbocycles. The molecule has 1 unspecified atom stereocenters. The van der Waals surface area contributed by atoms with Gasteiger partial charge in [-0.15, -0.1) is 5.10 Å². The van der Waals surface area contributed by atoms with Gasteiger partial charge in [-0.25, -0.2) is 14.3 Å². The predicted octanol–water partition coefficient (Wildman–Crippen LogP) is 3.36. The second kappa shape index (κ2) is 10.2. The van der Waals surface area contributed by atoms with E-state index in [-0.39, 0.29) is 25.7 Å². The average Bonchev–Trinajstić information content (AvgIpc) is 3.42. The Bertz CT molecular complexity index is 1230. The summed E-state index contributed by atoms with van der Waals surface area (Å²) in [7, 11) is 0. The predicted molar refractivity (Wildman–Crippen MR) is 129 cm³/mol. The highest BCUT2D eigenvalue weighted by atomic mass is 16.6. The summed E-state index contributed by atoms with van der Waals surface area (Å²) in [6.07, 6.45) is 0.508. The van der Waals surface area contributed by atoms with Gasteiger partial charge < -0.3 is 19.9 Å². The van der Waals surface area contributed by atoms with Crippen molar-refractivity contribution in [3.05, 3.63) is 71.5 Å². The molecular weight excluding hydrogens is 464 g/mol. The Morgan fingerprint density at radius 2 is 1.64 bits per heavy atom. The lowest BCUT2D eigenvalue weighted by atomic mass is 9.98. The first kappa shape index (κ1) is 24.9. The third kappa shape index (κ3) is 5.54. The van der Waals surface area contributed by atoms with Crippen LogP contribution in [0.5, 0.6) is 0 Å². The molecule has 0 aliphatic heterocycles. The first-order chi connectivity index (χ1) is 17.1. The van der Waals surface area contributed by atoms with Crippen molar-refractivity contribution >= 4 is 18.0 Å². The molecular formula is C26H28N4O6. The first-order valence-electron chi connectivity index (χ1n) is 11.5. The molecule has 10 nitrogen and oxygen atoms in total. The topological polar surface area (TPSA) is 133 Å². The largest absolute Gasteiger partial charge is 0.480 e. The number of alkyl carbamates (subject to hydrolysis) is 1. The Labute approximate surface area is 208 Å². The lowest BCUT2D eigenvalue weighted by Crippen LogP contribution is -2.43. The summed E-state index contributed by atoms with van der Waals surface area (Å²) in [5.74, 6) is -1.78. The van der Waals surface area contributed by atoms with Crippen LogP contribution in [0, 0.1) is 5.41 Å². The molecule has 10 heteroatoms. The Morgan fingerprint density at radius 3 is 2.22 bits per heavy atom. The molecule has 0 fully saturated rings. The highest BCUT2D eigenvalue weighted by molar-refractivity contribution is 5.81. The quantitative estimate of drug-likeness (QED) is 0.458. The summed E-state index contributed by atoms with van der Waals surface area (Å²) in [6, 6.07) is 14.6. The molecule has 36 heavy (non-hydrogen) atoms. The number of carbonyl (C=O) groups is 3. The molecule has 0 saturated heterocycles. The van der Waals surface area contributed by atoms with Crippen molar-refractivity contribution in [3.63, 3.8) is 0 Å². The molecule has 0 radical (unpaired) electrons. The Kier molecular flexibility index (Phi) is 7.05. The number of aromatic nitrogens is 3. The van der Waals surface area contributed by atoms with Crippen LogP contribution in [0.1, 0.15) is 43.5 Å². The number of fused-ring (bicyclic) bond motifs is 3. The Morgan fingerprint density at radius 1 is 1.03 bits per heavy atom. The van der Waals surface area contributed by atoms with Gasteiger partial charge in [0.05, 0.1) is 17.3 Å². The fourth-order valence-corrected chi connectivity index (χ4v) is 4.03. The van der Waals surface area contributed by atoms with E-state index in [1.54, 1.807) is 20.8 Å². The van der Waals surface area contributed by atoms with Crippen LogP contribution in [0.3, 0.4) is 0 Å². The van der Waals surface area contributed by atoms with Crippen LogP contribution in [-0.4, -0.2) is 50.8 Å². The van der Waals surface area contributed by atoms with Gasteiger partial charge >= 0.3 is 18.0 Å². The normalized spacial score (nSPS) is 13.4. The first-order valence-corrected chi connectivity index (χ1v) is 11.5. The summed E-state index contributed by atoms with van der Waals surface area (Å²) in [5, 5.41) is 19.8. The van der Waals surface area contributed by atoms with Gasteiger partial charge in [-0.1, -0.05) is 53.7 Å². The van der Waals surface area contributed by atoms with Gasteiger partial charge in [0, 0.05) is 12.3 Å². The Hall–Kier alpha value is -4.21. The molecule has 1 amide bonds.